The van der Waals surface area contributed by atoms with Gasteiger partial charge in [-0.25, -0.2) is 4.98 Å². The molecule has 2 unspecified atom stereocenters. The first-order valence-electron chi connectivity index (χ1n) is 7.87. The van der Waals surface area contributed by atoms with Crippen molar-refractivity contribution in [2.24, 2.45) is 0 Å². The number of aliphatic hydroxyl groups is 1. The van der Waals surface area contributed by atoms with E-state index in [-0.39, 0.29) is 0 Å². The van der Waals surface area contributed by atoms with Crippen LogP contribution in [0.15, 0.2) is 18.3 Å². The van der Waals surface area contributed by atoms with E-state index in [0.717, 1.165) is 24.5 Å². The lowest BCUT2D eigenvalue weighted by Crippen LogP contribution is -2.40. The fraction of sp³-hybridized carbons (Fsp3) is 0.688. The van der Waals surface area contributed by atoms with E-state index in [2.05, 4.69) is 14.8 Å². The highest BCUT2D eigenvalue weighted by molar-refractivity contribution is 5.41. The number of aliphatic hydroxyl groups excluding tert-OH is 1. The molecular formula is C16H25N3O. The van der Waals surface area contributed by atoms with E-state index in [1.54, 1.807) is 13.1 Å². The summed E-state index contributed by atoms with van der Waals surface area (Å²) in [4.78, 5) is 9.55. The third-order valence-corrected chi connectivity index (χ3v) is 4.65. The molecule has 0 spiro atoms. The van der Waals surface area contributed by atoms with Crippen LogP contribution in [0.25, 0.3) is 0 Å². The van der Waals surface area contributed by atoms with Gasteiger partial charge in [0, 0.05) is 25.3 Å². The summed E-state index contributed by atoms with van der Waals surface area (Å²) in [5.41, 5.74) is 0.889. The maximum atomic E-state index is 9.53. The molecule has 0 saturated carbocycles. The molecule has 110 valence electrons. The van der Waals surface area contributed by atoms with Crippen LogP contribution in [0.1, 0.15) is 44.3 Å². The monoisotopic (exact) mass is 275 g/mol. The second kappa shape index (κ2) is 6.10. The molecule has 1 N–H and O–H groups in total. The molecular weight excluding hydrogens is 250 g/mol. The Bertz CT molecular complexity index is 426. The normalized spacial score (nSPS) is 25.9. The van der Waals surface area contributed by atoms with Crippen molar-refractivity contribution < 1.29 is 5.11 Å². The minimum atomic E-state index is -0.434. The van der Waals surface area contributed by atoms with E-state index in [4.69, 9.17) is 0 Å². The Kier molecular flexibility index (Phi) is 4.22. The van der Waals surface area contributed by atoms with Crippen LogP contribution in [0.2, 0.25) is 0 Å². The van der Waals surface area contributed by atoms with Gasteiger partial charge in [-0.3, -0.25) is 4.90 Å². The molecule has 4 heteroatoms. The van der Waals surface area contributed by atoms with Gasteiger partial charge in [0.1, 0.15) is 5.82 Å². The molecule has 0 bridgehead atoms. The highest BCUT2D eigenvalue weighted by Crippen LogP contribution is 2.24. The fourth-order valence-electron chi connectivity index (χ4n) is 3.36. The van der Waals surface area contributed by atoms with Crippen molar-refractivity contribution in [3.8, 4) is 0 Å². The molecule has 1 aromatic heterocycles. The third-order valence-electron chi connectivity index (χ3n) is 4.65. The Morgan fingerprint density at radius 3 is 2.65 bits per heavy atom. The zero-order chi connectivity index (χ0) is 13.9. The first-order valence-corrected chi connectivity index (χ1v) is 7.87. The molecule has 2 aliphatic rings. The van der Waals surface area contributed by atoms with E-state index >= 15 is 0 Å². The number of rotatable bonds is 3. The second-order valence-corrected chi connectivity index (χ2v) is 6.11. The number of nitrogens with zero attached hydrogens (tertiary/aromatic N) is 3. The number of anilines is 1. The van der Waals surface area contributed by atoms with E-state index in [9.17, 15) is 5.11 Å². The third kappa shape index (κ3) is 2.96. The summed E-state index contributed by atoms with van der Waals surface area (Å²) in [6.45, 7) is 6.52. The molecule has 0 amide bonds. The number of hydrogen-bond acceptors (Lipinski definition) is 4. The Labute approximate surface area is 121 Å². The molecule has 3 heterocycles. The second-order valence-electron chi connectivity index (χ2n) is 6.11. The summed E-state index contributed by atoms with van der Waals surface area (Å²) in [6, 6.07) is 4.73. The summed E-state index contributed by atoms with van der Waals surface area (Å²) in [5.74, 6) is 1.05. The van der Waals surface area contributed by atoms with Crippen molar-refractivity contribution in [1.82, 2.24) is 9.88 Å². The Hall–Kier alpha value is -1.13. The molecule has 2 fully saturated rings. The lowest BCUT2D eigenvalue weighted by atomic mass is 10.1. The maximum Gasteiger partial charge on any atom is 0.128 e. The van der Waals surface area contributed by atoms with E-state index in [0.29, 0.717) is 6.04 Å². The van der Waals surface area contributed by atoms with Crippen LogP contribution in [-0.4, -0.2) is 47.2 Å². The topological polar surface area (TPSA) is 39.6 Å². The minimum Gasteiger partial charge on any atom is -0.389 e. The molecule has 4 nitrogen and oxygen atoms in total. The van der Waals surface area contributed by atoms with Gasteiger partial charge in [0.15, 0.2) is 0 Å². The van der Waals surface area contributed by atoms with E-state index in [1.165, 1.54) is 38.8 Å². The highest BCUT2D eigenvalue weighted by Gasteiger charge is 2.28. The Morgan fingerprint density at radius 1 is 1.20 bits per heavy atom. The van der Waals surface area contributed by atoms with E-state index in [1.807, 2.05) is 12.1 Å². The van der Waals surface area contributed by atoms with Gasteiger partial charge >= 0.3 is 0 Å². The molecule has 0 aliphatic carbocycles. The van der Waals surface area contributed by atoms with E-state index < -0.39 is 6.10 Å². The van der Waals surface area contributed by atoms with Crippen LogP contribution < -0.4 is 4.90 Å². The number of hydrogen-bond donors (Lipinski definition) is 1. The Morgan fingerprint density at radius 2 is 2.00 bits per heavy atom. The first-order chi connectivity index (χ1) is 9.74. The quantitative estimate of drug-likeness (QED) is 0.918. The average Bonchev–Trinajstić information content (AvgIpc) is 2.98. The SMILES string of the molecule is CC(O)c1ccc(N2CCC(N3CCCCC3)C2)nc1. The summed E-state index contributed by atoms with van der Waals surface area (Å²) < 4.78 is 0. The number of likely N-dealkylation sites (tertiary alicyclic amines) is 1. The van der Waals surface area contributed by atoms with Crippen LogP contribution >= 0.6 is 0 Å². The van der Waals surface area contributed by atoms with Crippen LogP contribution in [0.4, 0.5) is 5.82 Å². The largest absolute Gasteiger partial charge is 0.389 e. The van der Waals surface area contributed by atoms with Gasteiger partial charge in [0.05, 0.1) is 6.10 Å². The zero-order valence-corrected chi connectivity index (χ0v) is 12.3. The summed E-state index contributed by atoms with van der Waals surface area (Å²) in [5, 5.41) is 9.53. The molecule has 0 radical (unpaired) electrons. The molecule has 0 aromatic carbocycles. The van der Waals surface area contributed by atoms with Gasteiger partial charge in [0.2, 0.25) is 0 Å². The van der Waals surface area contributed by atoms with Crippen LogP contribution in [0, 0.1) is 0 Å². The van der Waals surface area contributed by atoms with Crippen molar-refractivity contribution in [2.75, 3.05) is 31.1 Å². The number of piperidine rings is 1. The zero-order valence-electron chi connectivity index (χ0n) is 12.3. The number of pyridine rings is 1. The lowest BCUT2D eigenvalue weighted by molar-refractivity contribution is 0.174. The molecule has 3 rings (SSSR count). The summed E-state index contributed by atoms with van der Waals surface area (Å²) in [7, 11) is 0. The molecule has 20 heavy (non-hydrogen) atoms. The van der Waals surface area contributed by atoms with Gasteiger partial charge in [-0.2, -0.15) is 0 Å². The first kappa shape index (κ1) is 13.8. The smallest absolute Gasteiger partial charge is 0.128 e. The average molecular weight is 275 g/mol. The molecule has 2 atom stereocenters. The Balaban J connectivity index is 1.61. The number of aromatic nitrogens is 1. The van der Waals surface area contributed by atoms with Crippen molar-refractivity contribution >= 4 is 5.82 Å². The summed E-state index contributed by atoms with van der Waals surface area (Å²) >= 11 is 0. The van der Waals surface area contributed by atoms with Crippen molar-refractivity contribution in [3.05, 3.63) is 23.9 Å². The van der Waals surface area contributed by atoms with Gasteiger partial charge in [0.25, 0.3) is 0 Å². The van der Waals surface area contributed by atoms with Gasteiger partial charge in [-0.1, -0.05) is 12.5 Å². The van der Waals surface area contributed by atoms with Gasteiger partial charge < -0.3 is 10.0 Å². The van der Waals surface area contributed by atoms with Crippen molar-refractivity contribution in [3.63, 3.8) is 0 Å². The fourth-order valence-corrected chi connectivity index (χ4v) is 3.36. The van der Waals surface area contributed by atoms with Crippen molar-refractivity contribution in [2.45, 2.75) is 44.8 Å². The maximum absolute atomic E-state index is 9.53. The predicted molar refractivity (Wildman–Crippen MR) is 80.9 cm³/mol. The van der Waals surface area contributed by atoms with Crippen molar-refractivity contribution in [1.29, 1.82) is 0 Å². The molecule has 1 aromatic rings. The van der Waals surface area contributed by atoms with Crippen LogP contribution in [0.3, 0.4) is 0 Å². The van der Waals surface area contributed by atoms with Gasteiger partial charge in [-0.15, -0.1) is 0 Å². The highest BCUT2D eigenvalue weighted by atomic mass is 16.3. The summed E-state index contributed by atoms with van der Waals surface area (Å²) in [6.07, 6.45) is 6.73. The minimum absolute atomic E-state index is 0.434. The van der Waals surface area contributed by atoms with Crippen LogP contribution in [-0.2, 0) is 0 Å². The predicted octanol–water partition coefficient (Wildman–Crippen LogP) is 2.20. The van der Waals surface area contributed by atoms with Crippen LogP contribution in [0.5, 0.6) is 0 Å². The lowest BCUT2D eigenvalue weighted by Gasteiger charge is -2.32. The molecule has 2 saturated heterocycles. The standard InChI is InChI=1S/C16H25N3O/c1-13(20)14-5-6-16(17-11-14)19-10-7-15(12-19)18-8-3-2-4-9-18/h5-6,11,13,15,20H,2-4,7-10,12H2,1H3. The van der Waals surface area contributed by atoms with Gasteiger partial charge in [-0.05, 0) is 50.9 Å². The molecule has 2 aliphatic heterocycles.